The molecule has 0 aliphatic rings. The highest BCUT2D eigenvalue weighted by Crippen LogP contribution is 2.57. The van der Waals surface area contributed by atoms with Crippen molar-refractivity contribution < 1.29 is 12.4 Å². The Kier molecular flexibility index (Phi) is 5.99. The number of halogens is 1. The number of para-hydroxylation sites is 2. The minimum absolute atomic E-state index is 0. The van der Waals surface area contributed by atoms with Crippen molar-refractivity contribution in [1.82, 2.24) is 9.97 Å². The number of hydrogen-bond acceptors (Lipinski definition) is 1. The van der Waals surface area contributed by atoms with Gasteiger partial charge in [0.15, 0.2) is 0 Å². The maximum atomic E-state index is 4.95. The van der Waals surface area contributed by atoms with Crippen molar-refractivity contribution in [3.8, 4) is 0 Å². The van der Waals surface area contributed by atoms with Crippen LogP contribution in [0.5, 0.6) is 0 Å². The summed E-state index contributed by atoms with van der Waals surface area (Å²) in [6.45, 7) is 0. The monoisotopic (exact) mass is 428 g/mol. The Morgan fingerprint density at radius 1 is 0.567 bits per heavy atom. The molecule has 0 unspecified atom stereocenters. The zero-order valence-electron chi connectivity index (χ0n) is 16.4. The topological polar surface area (TPSA) is 28.7 Å². The molecule has 1 aromatic heterocycles. The number of H-pyrrole nitrogens is 1. The number of rotatable bonds is 5. The maximum absolute atomic E-state index is 4.95. The van der Waals surface area contributed by atoms with Crippen molar-refractivity contribution >= 4 is 34.2 Å². The quantitative estimate of drug-likeness (QED) is 0.426. The van der Waals surface area contributed by atoms with Gasteiger partial charge < -0.3 is 17.4 Å². The summed E-state index contributed by atoms with van der Waals surface area (Å²) in [5.41, 5.74) is 2.12. The van der Waals surface area contributed by atoms with Crippen molar-refractivity contribution in [2.75, 3.05) is 0 Å². The van der Waals surface area contributed by atoms with Gasteiger partial charge in [0.05, 0.1) is 11.0 Å². The van der Waals surface area contributed by atoms with Crippen LogP contribution in [0.4, 0.5) is 0 Å². The summed E-state index contributed by atoms with van der Waals surface area (Å²) < 4.78 is 0. The number of nitrogens with zero attached hydrogens (tertiary/aromatic N) is 1. The van der Waals surface area contributed by atoms with Gasteiger partial charge in [0.25, 0.3) is 0 Å². The third-order valence-electron chi connectivity index (χ3n) is 5.42. The lowest BCUT2D eigenvalue weighted by molar-refractivity contribution is -0.00000579. The largest absolute Gasteiger partial charge is 1.00 e. The fraction of sp³-hybridized carbons (Fsp3) is 0.0385. The SMILES string of the molecule is [Cl-].c1ccc([P+](Cc2nc3ccccc3[nH]2)(c2ccccc2)c2ccccc2)cc1. The highest BCUT2D eigenvalue weighted by molar-refractivity contribution is 7.95. The van der Waals surface area contributed by atoms with Gasteiger partial charge in [0, 0.05) is 0 Å². The molecule has 0 spiro atoms. The standard InChI is InChI=1S/C26H22N2P.ClH/c1-4-12-21(13-5-1)29(22-14-6-2-7-15-22,23-16-8-3-9-17-23)20-26-27-24-18-10-11-19-25(24)28-26;/h1-19H,20H2,(H,27,28);1H/q+1;/p-1. The average Bonchev–Trinajstić information content (AvgIpc) is 3.22. The smallest absolute Gasteiger partial charge is 0.146 e. The van der Waals surface area contributed by atoms with Gasteiger partial charge >= 0.3 is 0 Å². The number of nitrogens with one attached hydrogen (secondary N) is 1. The van der Waals surface area contributed by atoms with E-state index in [0.717, 1.165) is 23.0 Å². The molecule has 5 rings (SSSR count). The number of aromatic nitrogens is 2. The molecule has 4 aromatic carbocycles. The highest BCUT2D eigenvalue weighted by atomic mass is 35.5. The van der Waals surface area contributed by atoms with E-state index in [1.807, 2.05) is 6.07 Å². The van der Waals surface area contributed by atoms with E-state index in [0.29, 0.717) is 0 Å². The Morgan fingerprint density at radius 3 is 1.47 bits per heavy atom. The van der Waals surface area contributed by atoms with E-state index < -0.39 is 7.26 Å². The minimum atomic E-state index is -1.92. The van der Waals surface area contributed by atoms with Crippen LogP contribution in [0.15, 0.2) is 115 Å². The number of benzene rings is 4. The van der Waals surface area contributed by atoms with Gasteiger partial charge in [-0.15, -0.1) is 0 Å². The summed E-state index contributed by atoms with van der Waals surface area (Å²) >= 11 is 0. The van der Waals surface area contributed by atoms with Crippen LogP contribution in [-0.4, -0.2) is 9.97 Å². The first-order valence-electron chi connectivity index (χ1n) is 9.85. The molecule has 2 nitrogen and oxygen atoms in total. The van der Waals surface area contributed by atoms with Crippen LogP contribution >= 0.6 is 7.26 Å². The van der Waals surface area contributed by atoms with Crippen LogP contribution in [0.2, 0.25) is 0 Å². The van der Waals surface area contributed by atoms with Crippen LogP contribution in [0.3, 0.4) is 0 Å². The predicted octanol–water partition coefficient (Wildman–Crippen LogP) is 2.06. The first-order chi connectivity index (χ1) is 14.4. The molecule has 0 bridgehead atoms. The fourth-order valence-corrected chi connectivity index (χ4v) is 8.16. The summed E-state index contributed by atoms with van der Waals surface area (Å²) in [7, 11) is -1.92. The van der Waals surface area contributed by atoms with E-state index in [-0.39, 0.29) is 12.4 Å². The lowest BCUT2D eigenvalue weighted by atomic mass is 10.3. The second-order valence-corrected chi connectivity index (χ2v) is 10.7. The van der Waals surface area contributed by atoms with E-state index in [9.17, 15) is 0 Å². The zero-order chi connectivity index (χ0) is 19.5. The highest BCUT2D eigenvalue weighted by Gasteiger charge is 2.46. The molecule has 0 radical (unpaired) electrons. The summed E-state index contributed by atoms with van der Waals surface area (Å²) in [6.07, 6.45) is 0.861. The normalized spacial score (nSPS) is 11.2. The molecule has 30 heavy (non-hydrogen) atoms. The van der Waals surface area contributed by atoms with Gasteiger partial charge in [-0.3, -0.25) is 0 Å². The van der Waals surface area contributed by atoms with Crippen molar-refractivity contribution in [3.63, 3.8) is 0 Å². The maximum Gasteiger partial charge on any atom is 0.146 e. The first-order valence-corrected chi connectivity index (χ1v) is 11.8. The van der Waals surface area contributed by atoms with Gasteiger partial charge in [-0.25, -0.2) is 4.98 Å². The van der Waals surface area contributed by atoms with Gasteiger partial charge in [0.2, 0.25) is 0 Å². The molecule has 5 aromatic rings. The molecule has 1 N–H and O–H groups in total. The average molecular weight is 429 g/mol. The molecule has 0 aliphatic carbocycles. The fourth-order valence-electron chi connectivity index (χ4n) is 4.07. The summed E-state index contributed by atoms with van der Waals surface area (Å²) in [5.74, 6) is 1.04. The Bertz CT molecular complexity index is 1090. The number of hydrogen-bond donors (Lipinski definition) is 1. The van der Waals surface area contributed by atoms with Gasteiger partial charge in [-0.05, 0) is 48.5 Å². The molecule has 0 saturated heterocycles. The van der Waals surface area contributed by atoms with E-state index in [1.165, 1.54) is 15.9 Å². The van der Waals surface area contributed by atoms with Crippen molar-refractivity contribution in [3.05, 3.63) is 121 Å². The second-order valence-electron chi connectivity index (χ2n) is 7.18. The van der Waals surface area contributed by atoms with Crippen LogP contribution in [0.1, 0.15) is 5.82 Å². The molecule has 0 aliphatic heterocycles. The summed E-state index contributed by atoms with van der Waals surface area (Å²) in [5, 5.41) is 4.12. The molecule has 0 saturated carbocycles. The third-order valence-corrected chi connectivity index (χ3v) is 9.73. The zero-order valence-corrected chi connectivity index (χ0v) is 18.1. The second kappa shape index (κ2) is 8.83. The van der Waals surface area contributed by atoms with Crippen LogP contribution in [0, 0.1) is 0 Å². The van der Waals surface area contributed by atoms with Crippen LogP contribution < -0.4 is 28.3 Å². The van der Waals surface area contributed by atoms with Crippen molar-refractivity contribution in [1.29, 1.82) is 0 Å². The molecule has 1 heterocycles. The third kappa shape index (κ3) is 3.65. The molecule has 0 atom stereocenters. The Hall–Kier alpha value is -2.93. The first kappa shape index (κ1) is 20.3. The summed E-state index contributed by atoms with van der Waals surface area (Å²) in [4.78, 5) is 8.52. The van der Waals surface area contributed by atoms with Gasteiger partial charge in [0.1, 0.15) is 35.2 Å². The molecular formula is C26H22ClN2P. The van der Waals surface area contributed by atoms with E-state index in [1.54, 1.807) is 0 Å². The summed E-state index contributed by atoms with van der Waals surface area (Å²) in [6, 6.07) is 41.1. The Morgan fingerprint density at radius 2 is 1.00 bits per heavy atom. The molecular weight excluding hydrogens is 407 g/mol. The molecule has 148 valence electrons. The van der Waals surface area contributed by atoms with Gasteiger partial charge in [-0.1, -0.05) is 66.7 Å². The molecule has 4 heteroatoms. The van der Waals surface area contributed by atoms with Crippen molar-refractivity contribution in [2.45, 2.75) is 6.16 Å². The van der Waals surface area contributed by atoms with Crippen LogP contribution in [0.25, 0.3) is 11.0 Å². The van der Waals surface area contributed by atoms with E-state index in [4.69, 9.17) is 4.98 Å². The predicted molar refractivity (Wildman–Crippen MR) is 125 cm³/mol. The minimum Gasteiger partial charge on any atom is -1.00 e. The Balaban J connectivity index is 0.00000218. The molecule has 0 amide bonds. The van der Waals surface area contributed by atoms with Crippen LogP contribution in [-0.2, 0) is 6.16 Å². The van der Waals surface area contributed by atoms with E-state index >= 15 is 0 Å². The molecule has 0 fully saturated rings. The number of aromatic amines is 1. The van der Waals surface area contributed by atoms with Crippen molar-refractivity contribution in [2.24, 2.45) is 0 Å². The van der Waals surface area contributed by atoms with Gasteiger partial charge in [-0.2, -0.15) is 0 Å². The Labute approximate surface area is 183 Å². The van der Waals surface area contributed by atoms with E-state index in [2.05, 4.69) is 114 Å². The lowest BCUT2D eigenvalue weighted by Gasteiger charge is -2.26. The number of imidazole rings is 1. The number of fused-ring (bicyclic) bond motifs is 1. The lowest BCUT2D eigenvalue weighted by Crippen LogP contribution is -3.00.